The predicted octanol–water partition coefficient (Wildman–Crippen LogP) is 2.28. The number of fused-ring (bicyclic) bond motifs is 2. The summed E-state index contributed by atoms with van der Waals surface area (Å²) in [4.78, 5) is 4.23. The zero-order chi connectivity index (χ0) is 11.1. The van der Waals surface area contributed by atoms with Crippen LogP contribution in [0.5, 0.6) is 0 Å². The highest BCUT2D eigenvalue weighted by Crippen LogP contribution is 2.50. The standard InChI is InChI=1S/C13H20N2O/c1-15-5-4-14-13(15)12(16)8-11-7-9-2-3-10(11)6-9/h4-5,9-12,16H,2-3,6-8H2,1H3. The minimum atomic E-state index is -0.371. The van der Waals surface area contributed by atoms with E-state index in [4.69, 9.17) is 0 Å². The summed E-state index contributed by atoms with van der Waals surface area (Å²) in [6, 6.07) is 0. The van der Waals surface area contributed by atoms with E-state index in [0.717, 1.165) is 30.0 Å². The van der Waals surface area contributed by atoms with Gasteiger partial charge in [0.1, 0.15) is 11.9 Å². The summed E-state index contributed by atoms with van der Waals surface area (Å²) in [5, 5.41) is 10.2. The van der Waals surface area contributed by atoms with Crippen molar-refractivity contribution in [3.63, 3.8) is 0 Å². The molecule has 0 amide bonds. The molecule has 0 aliphatic heterocycles. The average molecular weight is 220 g/mol. The van der Waals surface area contributed by atoms with Gasteiger partial charge >= 0.3 is 0 Å². The lowest BCUT2D eigenvalue weighted by atomic mass is 9.85. The molecule has 0 spiro atoms. The largest absolute Gasteiger partial charge is 0.385 e. The zero-order valence-corrected chi connectivity index (χ0v) is 9.84. The first-order valence-electron chi connectivity index (χ1n) is 6.39. The fourth-order valence-electron chi connectivity index (χ4n) is 3.76. The number of nitrogens with zero attached hydrogens (tertiary/aromatic N) is 2. The highest BCUT2D eigenvalue weighted by molar-refractivity contribution is 4.98. The number of rotatable bonds is 3. The van der Waals surface area contributed by atoms with E-state index in [0.29, 0.717) is 0 Å². The molecule has 1 heterocycles. The lowest BCUT2D eigenvalue weighted by molar-refractivity contribution is 0.115. The fourth-order valence-corrected chi connectivity index (χ4v) is 3.76. The number of hydrogen-bond acceptors (Lipinski definition) is 2. The van der Waals surface area contributed by atoms with Crippen LogP contribution in [-0.2, 0) is 7.05 Å². The Labute approximate surface area is 96.5 Å². The van der Waals surface area contributed by atoms with Crippen molar-refractivity contribution in [1.29, 1.82) is 0 Å². The first-order valence-corrected chi connectivity index (χ1v) is 6.39. The quantitative estimate of drug-likeness (QED) is 0.848. The minimum absolute atomic E-state index is 0.371. The topological polar surface area (TPSA) is 38.0 Å². The Morgan fingerprint density at radius 3 is 2.94 bits per heavy atom. The van der Waals surface area contributed by atoms with Crippen LogP contribution in [0.15, 0.2) is 12.4 Å². The van der Waals surface area contributed by atoms with Gasteiger partial charge in [-0.2, -0.15) is 0 Å². The molecule has 3 nitrogen and oxygen atoms in total. The molecule has 88 valence electrons. The van der Waals surface area contributed by atoms with Crippen molar-refractivity contribution < 1.29 is 5.11 Å². The van der Waals surface area contributed by atoms with Crippen LogP contribution in [0.4, 0.5) is 0 Å². The molecule has 2 aliphatic rings. The minimum Gasteiger partial charge on any atom is -0.385 e. The first kappa shape index (κ1) is 10.3. The van der Waals surface area contributed by atoms with E-state index >= 15 is 0 Å². The summed E-state index contributed by atoms with van der Waals surface area (Å²) in [6.45, 7) is 0. The molecule has 4 atom stereocenters. The highest BCUT2D eigenvalue weighted by Gasteiger charge is 2.40. The predicted molar refractivity (Wildman–Crippen MR) is 61.7 cm³/mol. The fraction of sp³-hybridized carbons (Fsp3) is 0.769. The lowest BCUT2D eigenvalue weighted by Crippen LogP contribution is -2.16. The Kier molecular flexibility index (Phi) is 2.51. The second kappa shape index (κ2) is 3.88. The van der Waals surface area contributed by atoms with Crippen LogP contribution < -0.4 is 0 Å². The molecule has 2 fully saturated rings. The number of hydrogen-bond donors (Lipinski definition) is 1. The van der Waals surface area contributed by atoms with Gasteiger partial charge in [-0.1, -0.05) is 6.42 Å². The molecular weight excluding hydrogens is 200 g/mol. The molecule has 4 unspecified atom stereocenters. The molecule has 0 radical (unpaired) electrons. The number of aryl methyl sites for hydroxylation is 1. The first-order chi connectivity index (χ1) is 7.74. The third-order valence-corrected chi connectivity index (χ3v) is 4.57. The third-order valence-electron chi connectivity index (χ3n) is 4.57. The monoisotopic (exact) mass is 220 g/mol. The van der Waals surface area contributed by atoms with Gasteiger partial charge in [-0.05, 0) is 43.4 Å². The summed E-state index contributed by atoms with van der Waals surface area (Å²) in [5.41, 5.74) is 0. The average Bonchev–Trinajstić information content (AvgIpc) is 2.92. The Balaban J connectivity index is 1.65. The normalized spacial score (nSPS) is 34.5. The van der Waals surface area contributed by atoms with Gasteiger partial charge in [-0.3, -0.25) is 0 Å². The van der Waals surface area contributed by atoms with Crippen molar-refractivity contribution in [2.45, 2.75) is 38.2 Å². The number of aliphatic hydroxyl groups excluding tert-OH is 1. The molecule has 3 heteroatoms. The molecule has 0 saturated heterocycles. The van der Waals surface area contributed by atoms with Crippen LogP contribution in [0.2, 0.25) is 0 Å². The molecule has 3 rings (SSSR count). The van der Waals surface area contributed by atoms with E-state index in [1.165, 1.54) is 25.7 Å². The van der Waals surface area contributed by atoms with Gasteiger partial charge in [0.05, 0.1) is 0 Å². The summed E-state index contributed by atoms with van der Waals surface area (Å²) in [5.74, 6) is 3.41. The molecule has 2 aliphatic carbocycles. The van der Waals surface area contributed by atoms with E-state index in [1.807, 2.05) is 17.8 Å². The van der Waals surface area contributed by atoms with Gasteiger partial charge in [-0.15, -0.1) is 0 Å². The smallest absolute Gasteiger partial charge is 0.137 e. The summed E-state index contributed by atoms with van der Waals surface area (Å²) in [7, 11) is 1.95. The molecule has 16 heavy (non-hydrogen) atoms. The van der Waals surface area contributed by atoms with Crippen molar-refractivity contribution in [3.05, 3.63) is 18.2 Å². The van der Waals surface area contributed by atoms with Crippen molar-refractivity contribution in [2.24, 2.45) is 24.8 Å². The van der Waals surface area contributed by atoms with Crippen LogP contribution in [-0.4, -0.2) is 14.7 Å². The summed E-state index contributed by atoms with van der Waals surface area (Å²) >= 11 is 0. The Morgan fingerprint density at radius 2 is 2.38 bits per heavy atom. The van der Waals surface area contributed by atoms with Gasteiger partial charge in [0.2, 0.25) is 0 Å². The lowest BCUT2D eigenvalue weighted by Gasteiger charge is -2.23. The van der Waals surface area contributed by atoms with Gasteiger partial charge in [0.25, 0.3) is 0 Å². The number of aromatic nitrogens is 2. The van der Waals surface area contributed by atoms with Crippen LogP contribution in [0, 0.1) is 17.8 Å². The van der Waals surface area contributed by atoms with Crippen molar-refractivity contribution in [1.82, 2.24) is 9.55 Å². The maximum absolute atomic E-state index is 10.2. The van der Waals surface area contributed by atoms with Crippen molar-refractivity contribution in [2.75, 3.05) is 0 Å². The van der Waals surface area contributed by atoms with Crippen LogP contribution in [0.25, 0.3) is 0 Å². The molecule has 2 saturated carbocycles. The van der Waals surface area contributed by atoms with E-state index in [1.54, 1.807) is 6.20 Å². The molecule has 1 N–H and O–H groups in total. The van der Waals surface area contributed by atoms with E-state index in [2.05, 4.69) is 4.98 Å². The summed E-state index contributed by atoms with van der Waals surface area (Å²) < 4.78 is 1.93. The Bertz CT molecular complexity index is 374. The molecule has 1 aromatic rings. The van der Waals surface area contributed by atoms with Gasteiger partial charge in [-0.25, -0.2) is 4.98 Å². The van der Waals surface area contributed by atoms with E-state index < -0.39 is 0 Å². The second-order valence-corrected chi connectivity index (χ2v) is 5.58. The molecular formula is C13H20N2O. The maximum atomic E-state index is 10.2. The van der Waals surface area contributed by atoms with E-state index in [9.17, 15) is 5.11 Å². The Morgan fingerprint density at radius 1 is 1.50 bits per heavy atom. The number of aliphatic hydroxyl groups is 1. The zero-order valence-electron chi connectivity index (χ0n) is 9.84. The Hall–Kier alpha value is -0.830. The van der Waals surface area contributed by atoms with Crippen LogP contribution in [0.3, 0.4) is 0 Å². The van der Waals surface area contributed by atoms with Gasteiger partial charge in [0.15, 0.2) is 0 Å². The highest BCUT2D eigenvalue weighted by atomic mass is 16.3. The van der Waals surface area contributed by atoms with Gasteiger partial charge < -0.3 is 9.67 Å². The molecule has 0 aromatic carbocycles. The van der Waals surface area contributed by atoms with E-state index in [-0.39, 0.29) is 6.10 Å². The second-order valence-electron chi connectivity index (χ2n) is 5.58. The van der Waals surface area contributed by atoms with Crippen LogP contribution in [0.1, 0.15) is 44.0 Å². The number of imidazole rings is 1. The van der Waals surface area contributed by atoms with Crippen molar-refractivity contribution >= 4 is 0 Å². The van der Waals surface area contributed by atoms with Gasteiger partial charge in [0, 0.05) is 19.4 Å². The molecule has 1 aromatic heterocycles. The SMILES string of the molecule is Cn1ccnc1C(O)CC1CC2CCC1C2. The van der Waals surface area contributed by atoms with Crippen molar-refractivity contribution in [3.8, 4) is 0 Å². The maximum Gasteiger partial charge on any atom is 0.137 e. The summed E-state index contributed by atoms with van der Waals surface area (Å²) in [6.07, 6.45) is 9.78. The molecule has 2 bridgehead atoms. The third kappa shape index (κ3) is 1.67. The van der Waals surface area contributed by atoms with Crippen LogP contribution >= 0.6 is 0 Å².